The van der Waals surface area contributed by atoms with E-state index in [0.717, 1.165) is 49.0 Å². The van der Waals surface area contributed by atoms with E-state index < -0.39 is 0 Å². The fourth-order valence-corrected chi connectivity index (χ4v) is 5.11. The summed E-state index contributed by atoms with van der Waals surface area (Å²) in [5.41, 5.74) is 4.49. The van der Waals surface area contributed by atoms with Crippen molar-refractivity contribution in [1.82, 2.24) is 14.8 Å². The number of nitrogens with one attached hydrogen (secondary N) is 1. The number of rotatable bonds is 6. The van der Waals surface area contributed by atoms with E-state index >= 15 is 0 Å². The Balaban J connectivity index is 1.35. The highest BCUT2D eigenvalue weighted by atomic mass is 32.1. The van der Waals surface area contributed by atoms with Gasteiger partial charge in [-0.05, 0) is 48.0 Å². The second-order valence-electron chi connectivity index (χ2n) is 8.39. The van der Waals surface area contributed by atoms with Crippen molar-refractivity contribution in [3.63, 3.8) is 0 Å². The third-order valence-corrected chi connectivity index (χ3v) is 7.01. The quantitative estimate of drug-likeness (QED) is 0.290. The molecule has 0 bridgehead atoms. The number of hydrogen-bond donors (Lipinski definition) is 1. The first kappa shape index (κ1) is 22.0. The standard InChI is InChI=1S/C29H22N4O2S/c1-35-22-16-10-19(11-17-22)18-33-28(34)24-7-3-2-6-23(24)27(32-33)20-12-14-21(15-13-20)30-29-31-25-8-4-5-9-26(25)36-29/h2-17H,18H2,1H3,(H,30,31). The summed E-state index contributed by atoms with van der Waals surface area (Å²) in [6.45, 7) is 0.373. The Kier molecular flexibility index (Phi) is 5.67. The first-order chi connectivity index (χ1) is 17.7. The van der Waals surface area contributed by atoms with E-state index in [4.69, 9.17) is 9.84 Å². The average Bonchev–Trinajstić information content (AvgIpc) is 3.34. The number of thiazole rings is 1. The number of nitrogens with zero attached hydrogens (tertiary/aromatic N) is 3. The van der Waals surface area contributed by atoms with Crippen LogP contribution in [0.3, 0.4) is 0 Å². The van der Waals surface area contributed by atoms with Gasteiger partial charge in [-0.15, -0.1) is 0 Å². The highest BCUT2D eigenvalue weighted by Gasteiger charge is 2.13. The molecule has 36 heavy (non-hydrogen) atoms. The zero-order valence-corrected chi connectivity index (χ0v) is 20.3. The molecule has 0 saturated heterocycles. The predicted octanol–water partition coefficient (Wildman–Crippen LogP) is 6.47. The molecule has 7 heteroatoms. The SMILES string of the molecule is COc1ccc(Cn2nc(-c3ccc(Nc4nc5ccccc5s4)cc3)c3ccccc3c2=O)cc1. The maximum atomic E-state index is 13.2. The van der Waals surface area contributed by atoms with E-state index in [0.29, 0.717) is 11.9 Å². The van der Waals surface area contributed by atoms with Crippen molar-refractivity contribution >= 4 is 43.1 Å². The summed E-state index contributed by atoms with van der Waals surface area (Å²) in [4.78, 5) is 17.9. The highest BCUT2D eigenvalue weighted by molar-refractivity contribution is 7.22. The Labute approximate surface area is 211 Å². The van der Waals surface area contributed by atoms with Gasteiger partial charge in [-0.1, -0.05) is 65.9 Å². The van der Waals surface area contributed by atoms with Crippen LogP contribution < -0.4 is 15.6 Å². The first-order valence-corrected chi connectivity index (χ1v) is 12.4. The van der Waals surface area contributed by atoms with Crippen LogP contribution in [0, 0.1) is 0 Å². The maximum Gasteiger partial charge on any atom is 0.274 e. The monoisotopic (exact) mass is 490 g/mol. The van der Waals surface area contributed by atoms with Gasteiger partial charge in [-0.2, -0.15) is 5.10 Å². The van der Waals surface area contributed by atoms with Crippen LogP contribution in [-0.2, 0) is 6.54 Å². The van der Waals surface area contributed by atoms with Crippen LogP contribution in [0.1, 0.15) is 5.56 Å². The van der Waals surface area contributed by atoms with E-state index in [1.165, 1.54) is 4.68 Å². The lowest BCUT2D eigenvalue weighted by Crippen LogP contribution is -2.24. The van der Waals surface area contributed by atoms with E-state index in [1.807, 2.05) is 91.0 Å². The number of anilines is 2. The zero-order chi connectivity index (χ0) is 24.5. The topological polar surface area (TPSA) is 69.0 Å². The Morgan fingerprint density at radius 3 is 2.33 bits per heavy atom. The molecular weight excluding hydrogens is 468 g/mol. The molecule has 2 aromatic heterocycles. The normalized spacial score (nSPS) is 11.1. The summed E-state index contributed by atoms with van der Waals surface area (Å²) >= 11 is 1.62. The summed E-state index contributed by atoms with van der Waals surface area (Å²) in [5.74, 6) is 0.776. The van der Waals surface area contributed by atoms with Crippen molar-refractivity contribution in [3.8, 4) is 17.0 Å². The fraction of sp³-hybridized carbons (Fsp3) is 0.0690. The van der Waals surface area contributed by atoms with Gasteiger partial charge in [0.05, 0.1) is 35.0 Å². The summed E-state index contributed by atoms with van der Waals surface area (Å²) < 4.78 is 7.93. The number of benzene rings is 4. The number of fused-ring (bicyclic) bond motifs is 2. The number of ether oxygens (including phenoxy) is 1. The Morgan fingerprint density at radius 1 is 0.861 bits per heavy atom. The largest absolute Gasteiger partial charge is 0.497 e. The molecule has 0 unspecified atom stereocenters. The zero-order valence-electron chi connectivity index (χ0n) is 19.5. The van der Waals surface area contributed by atoms with Crippen molar-refractivity contribution < 1.29 is 4.74 Å². The Morgan fingerprint density at radius 2 is 1.58 bits per heavy atom. The van der Waals surface area contributed by atoms with Gasteiger partial charge in [0.1, 0.15) is 5.75 Å². The summed E-state index contributed by atoms with van der Waals surface area (Å²) in [6.07, 6.45) is 0. The number of aromatic nitrogens is 3. The molecule has 0 radical (unpaired) electrons. The number of para-hydroxylation sites is 1. The van der Waals surface area contributed by atoms with Gasteiger partial charge in [0.25, 0.3) is 5.56 Å². The number of methoxy groups -OCH3 is 1. The molecule has 6 rings (SSSR count). The molecule has 176 valence electrons. The van der Waals surface area contributed by atoms with Gasteiger partial charge in [0.2, 0.25) is 0 Å². The van der Waals surface area contributed by atoms with Crippen LogP contribution in [0.4, 0.5) is 10.8 Å². The number of hydrogen-bond acceptors (Lipinski definition) is 6. The molecule has 4 aromatic carbocycles. The molecular formula is C29H22N4O2S. The molecule has 0 spiro atoms. The minimum atomic E-state index is -0.112. The molecule has 2 heterocycles. The molecule has 0 saturated carbocycles. The van der Waals surface area contributed by atoms with Crippen molar-refractivity contribution in [1.29, 1.82) is 0 Å². The third kappa shape index (κ3) is 4.21. The second-order valence-corrected chi connectivity index (χ2v) is 9.42. The summed E-state index contributed by atoms with van der Waals surface area (Å²) in [6, 6.07) is 31.5. The Bertz CT molecular complexity index is 1710. The predicted molar refractivity (Wildman–Crippen MR) is 146 cm³/mol. The average molecular weight is 491 g/mol. The summed E-state index contributed by atoms with van der Waals surface area (Å²) in [7, 11) is 1.64. The maximum absolute atomic E-state index is 13.2. The van der Waals surface area contributed by atoms with Gasteiger partial charge in [-0.3, -0.25) is 4.79 Å². The summed E-state index contributed by atoms with van der Waals surface area (Å²) in [5, 5.41) is 10.5. The van der Waals surface area contributed by atoms with Crippen molar-refractivity contribution in [2.24, 2.45) is 0 Å². The van der Waals surface area contributed by atoms with Crippen LogP contribution in [0.2, 0.25) is 0 Å². The molecule has 1 N–H and O–H groups in total. The van der Waals surface area contributed by atoms with Gasteiger partial charge >= 0.3 is 0 Å². The third-order valence-electron chi connectivity index (χ3n) is 6.06. The molecule has 0 amide bonds. The lowest BCUT2D eigenvalue weighted by molar-refractivity contribution is 0.414. The van der Waals surface area contributed by atoms with E-state index in [9.17, 15) is 4.79 Å². The molecule has 0 atom stereocenters. The smallest absolute Gasteiger partial charge is 0.274 e. The highest BCUT2D eigenvalue weighted by Crippen LogP contribution is 2.30. The molecule has 6 nitrogen and oxygen atoms in total. The van der Waals surface area contributed by atoms with Crippen molar-refractivity contribution in [2.45, 2.75) is 6.54 Å². The minimum Gasteiger partial charge on any atom is -0.497 e. The van der Waals surface area contributed by atoms with Crippen LogP contribution >= 0.6 is 11.3 Å². The van der Waals surface area contributed by atoms with Crippen LogP contribution in [0.15, 0.2) is 102 Å². The first-order valence-electron chi connectivity index (χ1n) is 11.5. The second kappa shape index (κ2) is 9.28. The van der Waals surface area contributed by atoms with Gasteiger partial charge < -0.3 is 10.1 Å². The molecule has 0 fully saturated rings. The van der Waals surface area contributed by atoms with Crippen LogP contribution in [-0.4, -0.2) is 21.9 Å². The molecule has 0 aliphatic rings. The van der Waals surface area contributed by atoms with E-state index in [2.05, 4.69) is 16.4 Å². The van der Waals surface area contributed by atoms with E-state index in [1.54, 1.807) is 18.4 Å². The van der Waals surface area contributed by atoms with Crippen molar-refractivity contribution in [2.75, 3.05) is 12.4 Å². The lowest BCUT2D eigenvalue weighted by atomic mass is 10.0. The molecule has 0 aliphatic heterocycles. The van der Waals surface area contributed by atoms with E-state index in [-0.39, 0.29) is 5.56 Å². The van der Waals surface area contributed by atoms with Crippen LogP contribution in [0.5, 0.6) is 5.75 Å². The minimum absolute atomic E-state index is 0.112. The van der Waals surface area contributed by atoms with Gasteiger partial charge in [0.15, 0.2) is 5.13 Å². The Hall–Kier alpha value is -4.49. The van der Waals surface area contributed by atoms with Gasteiger partial charge in [0, 0.05) is 16.6 Å². The van der Waals surface area contributed by atoms with Gasteiger partial charge in [-0.25, -0.2) is 9.67 Å². The molecule has 0 aliphatic carbocycles. The molecule has 6 aromatic rings. The van der Waals surface area contributed by atoms with Crippen molar-refractivity contribution in [3.05, 3.63) is 113 Å². The lowest BCUT2D eigenvalue weighted by Gasteiger charge is -2.12. The van der Waals surface area contributed by atoms with Crippen LogP contribution in [0.25, 0.3) is 32.2 Å². The fourth-order valence-electron chi connectivity index (χ4n) is 4.22.